The van der Waals surface area contributed by atoms with Gasteiger partial charge in [-0.3, -0.25) is 4.79 Å². The van der Waals surface area contributed by atoms with Crippen LogP contribution in [0.5, 0.6) is 0 Å². The van der Waals surface area contributed by atoms with Crippen molar-refractivity contribution in [1.82, 2.24) is 14.7 Å². The first kappa shape index (κ1) is 19.4. The number of aryl methyl sites for hydroxylation is 4. The van der Waals surface area contributed by atoms with Crippen LogP contribution < -0.4 is 0 Å². The molecule has 3 rings (SSSR count). The van der Waals surface area contributed by atoms with E-state index in [0.29, 0.717) is 17.2 Å². The maximum atomic E-state index is 12.8. The van der Waals surface area contributed by atoms with Gasteiger partial charge in [-0.25, -0.2) is 9.48 Å². The van der Waals surface area contributed by atoms with Crippen LogP contribution in [0.3, 0.4) is 0 Å². The predicted octanol–water partition coefficient (Wildman–Crippen LogP) is 3.67. The fourth-order valence-electron chi connectivity index (χ4n) is 3.25. The van der Waals surface area contributed by atoms with Crippen LogP contribution in [-0.2, 0) is 6.54 Å². The number of aromatic nitrogens is 2. The predicted molar refractivity (Wildman–Crippen MR) is 104 cm³/mol. The molecular formula is C21H23N3O4. The van der Waals surface area contributed by atoms with Gasteiger partial charge in [-0.05, 0) is 63.1 Å². The van der Waals surface area contributed by atoms with E-state index in [1.165, 1.54) is 11.0 Å². The van der Waals surface area contributed by atoms with Crippen LogP contribution in [0, 0.1) is 27.7 Å². The van der Waals surface area contributed by atoms with Crippen molar-refractivity contribution in [3.8, 4) is 5.69 Å². The molecule has 0 unspecified atom stereocenters. The summed E-state index contributed by atoms with van der Waals surface area (Å²) in [6.07, 6.45) is 0. The lowest BCUT2D eigenvalue weighted by Gasteiger charge is -2.14. The number of aromatic carboxylic acids is 1. The summed E-state index contributed by atoms with van der Waals surface area (Å²) in [4.78, 5) is 25.4. The average molecular weight is 381 g/mol. The standard InChI is InChI=1S/C21H23N3O4/c1-12-6-13(2)8-16(7-12)24-14(3)9-19(22-24)20(25)23(5)11-17-10-18(21(26)27)15(4)28-17/h6-10H,11H2,1-5H3,(H,26,27). The summed E-state index contributed by atoms with van der Waals surface area (Å²) in [7, 11) is 1.63. The molecular weight excluding hydrogens is 358 g/mol. The molecule has 0 spiro atoms. The smallest absolute Gasteiger partial charge is 0.339 e. The Kier molecular flexibility index (Phi) is 5.09. The Hall–Kier alpha value is -3.35. The van der Waals surface area contributed by atoms with Crippen LogP contribution >= 0.6 is 0 Å². The van der Waals surface area contributed by atoms with E-state index >= 15 is 0 Å². The number of amides is 1. The minimum atomic E-state index is -1.05. The third kappa shape index (κ3) is 3.83. The first-order valence-corrected chi connectivity index (χ1v) is 8.89. The molecule has 3 aromatic rings. The van der Waals surface area contributed by atoms with Gasteiger partial charge < -0.3 is 14.4 Å². The van der Waals surface area contributed by atoms with Gasteiger partial charge in [0.1, 0.15) is 17.1 Å². The summed E-state index contributed by atoms with van der Waals surface area (Å²) in [6, 6.07) is 9.31. The van der Waals surface area contributed by atoms with Gasteiger partial charge in [-0.2, -0.15) is 5.10 Å². The molecule has 1 N–H and O–H groups in total. The Labute approximate surface area is 163 Å². The number of carbonyl (C=O) groups is 2. The normalized spacial score (nSPS) is 10.9. The van der Waals surface area contributed by atoms with Gasteiger partial charge in [-0.1, -0.05) is 6.07 Å². The van der Waals surface area contributed by atoms with E-state index in [4.69, 9.17) is 9.52 Å². The van der Waals surface area contributed by atoms with Crippen LogP contribution in [0.1, 0.15) is 49.2 Å². The number of hydrogen-bond acceptors (Lipinski definition) is 4. The van der Waals surface area contributed by atoms with Crippen molar-refractivity contribution in [3.63, 3.8) is 0 Å². The van der Waals surface area contributed by atoms with Crippen LogP contribution in [0.4, 0.5) is 0 Å². The van der Waals surface area contributed by atoms with Crippen molar-refractivity contribution in [1.29, 1.82) is 0 Å². The van der Waals surface area contributed by atoms with Crippen LogP contribution in [0.15, 0.2) is 34.7 Å². The molecule has 28 heavy (non-hydrogen) atoms. The lowest BCUT2D eigenvalue weighted by molar-refractivity contribution is 0.0694. The Morgan fingerprint density at radius 2 is 1.71 bits per heavy atom. The molecule has 1 amide bonds. The van der Waals surface area contributed by atoms with E-state index in [1.54, 1.807) is 24.7 Å². The fourth-order valence-corrected chi connectivity index (χ4v) is 3.25. The SMILES string of the molecule is Cc1cc(C)cc(-n2nc(C(=O)N(C)Cc3cc(C(=O)O)c(C)o3)cc2C)c1. The summed E-state index contributed by atoms with van der Waals surface area (Å²) < 4.78 is 7.21. The quantitative estimate of drug-likeness (QED) is 0.728. The largest absolute Gasteiger partial charge is 0.478 e. The third-order valence-electron chi connectivity index (χ3n) is 4.50. The Morgan fingerprint density at radius 1 is 1.07 bits per heavy atom. The van der Waals surface area contributed by atoms with Gasteiger partial charge in [0, 0.05) is 12.7 Å². The summed E-state index contributed by atoms with van der Waals surface area (Å²) in [5.41, 5.74) is 4.43. The average Bonchev–Trinajstić information content (AvgIpc) is 3.16. The summed E-state index contributed by atoms with van der Waals surface area (Å²) in [6.45, 7) is 7.68. The summed E-state index contributed by atoms with van der Waals surface area (Å²) in [5, 5.41) is 13.6. The molecule has 0 aliphatic heterocycles. The molecule has 2 heterocycles. The van der Waals surface area contributed by atoms with Crippen molar-refractivity contribution in [2.75, 3.05) is 7.05 Å². The maximum absolute atomic E-state index is 12.8. The number of rotatable bonds is 5. The van der Waals surface area contributed by atoms with Crippen LogP contribution in [0.25, 0.3) is 5.69 Å². The lowest BCUT2D eigenvalue weighted by atomic mass is 10.1. The van der Waals surface area contributed by atoms with E-state index in [9.17, 15) is 9.59 Å². The molecule has 7 heteroatoms. The Bertz CT molecular complexity index is 1040. The number of nitrogens with zero attached hydrogens (tertiary/aromatic N) is 3. The van der Waals surface area contributed by atoms with E-state index in [2.05, 4.69) is 11.2 Å². The number of furan rings is 1. The monoisotopic (exact) mass is 381 g/mol. The molecule has 0 aliphatic carbocycles. The topological polar surface area (TPSA) is 88.6 Å². The first-order valence-electron chi connectivity index (χ1n) is 8.89. The molecule has 0 bridgehead atoms. The summed E-state index contributed by atoms with van der Waals surface area (Å²) in [5.74, 6) is -0.587. The van der Waals surface area contributed by atoms with Crippen molar-refractivity contribution < 1.29 is 19.1 Å². The molecule has 0 fully saturated rings. The second-order valence-electron chi connectivity index (χ2n) is 7.08. The molecule has 0 atom stereocenters. The zero-order valence-electron chi connectivity index (χ0n) is 16.6. The van der Waals surface area contributed by atoms with Gasteiger partial charge >= 0.3 is 5.97 Å². The van der Waals surface area contributed by atoms with Crippen LogP contribution in [0.2, 0.25) is 0 Å². The van der Waals surface area contributed by atoms with E-state index in [-0.39, 0.29) is 18.0 Å². The minimum Gasteiger partial charge on any atom is -0.478 e. The molecule has 1 aromatic carbocycles. The van der Waals surface area contributed by atoms with Gasteiger partial charge in [0.05, 0.1) is 12.2 Å². The molecule has 0 radical (unpaired) electrons. The van der Waals surface area contributed by atoms with Gasteiger partial charge in [0.15, 0.2) is 5.69 Å². The van der Waals surface area contributed by atoms with Crippen molar-refractivity contribution in [3.05, 3.63) is 69.9 Å². The number of carboxylic acid groups (broad SMARTS) is 1. The van der Waals surface area contributed by atoms with Crippen LogP contribution in [-0.4, -0.2) is 38.7 Å². The van der Waals surface area contributed by atoms with E-state index in [1.807, 2.05) is 32.9 Å². The van der Waals surface area contributed by atoms with Gasteiger partial charge in [-0.15, -0.1) is 0 Å². The van der Waals surface area contributed by atoms with E-state index in [0.717, 1.165) is 22.5 Å². The van der Waals surface area contributed by atoms with Gasteiger partial charge in [0.2, 0.25) is 0 Å². The highest BCUT2D eigenvalue weighted by Crippen LogP contribution is 2.19. The highest BCUT2D eigenvalue weighted by Gasteiger charge is 2.20. The van der Waals surface area contributed by atoms with Crippen molar-refractivity contribution >= 4 is 11.9 Å². The Morgan fingerprint density at radius 3 is 2.29 bits per heavy atom. The molecule has 0 saturated carbocycles. The van der Waals surface area contributed by atoms with Crippen molar-refractivity contribution in [2.24, 2.45) is 0 Å². The second-order valence-corrected chi connectivity index (χ2v) is 7.08. The maximum Gasteiger partial charge on any atom is 0.339 e. The second kappa shape index (κ2) is 7.34. The third-order valence-corrected chi connectivity index (χ3v) is 4.50. The molecule has 7 nitrogen and oxygen atoms in total. The van der Waals surface area contributed by atoms with E-state index < -0.39 is 5.97 Å². The zero-order valence-corrected chi connectivity index (χ0v) is 16.6. The number of benzene rings is 1. The minimum absolute atomic E-state index is 0.103. The zero-order chi connectivity index (χ0) is 20.6. The number of hydrogen-bond donors (Lipinski definition) is 1. The molecule has 0 aliphatic rings. The summed E-state index contributed by atoms with van der Waals surface area (Å²) >= 11 is 0. The number of carbonyl (C=O) groups excluding carboxylic acids is 1. The molecule has 0 saturated heterocycles. The lowest BCUT2D eigenvalue weighted by Crippen LogP contribution is -2.26. The molecule has 146 valence electrons. The first-order chi connectivity index (χ1) is 13.2. The highest BCUT2D eigenvalue weighted by atomic mass is 16.4. The Balaban J connectivity index is 1.82. The van der Waals surface area contributed by atoms with Gasteiger partial charge in [0.25, 0.3) is 5.91 Å². The highest BCUT2D eigenvalue weighted by molar-refractivity contribution is 5.92. The molecule has 2 aromatic heterocycles. The fraction of sp³-hybridized carbons (Fsp3) is 0.286. The van der Waals surface area contributed by atoms with Crippen molar-refractivity contribution in [2.45, 2.75) is 34.2 Å². The number of carboxylic acids is 1.